The summed E-state index contributed by atoms with van der Waals surface area (Å²) in [6.45, 7) is 2.46. The van der Waals surface area contributed by atoms with Gasteiger partial charge >= 0.3 is 0 Å². The lowest BCUT2D eigenvalue weighted by atomic mass is 9.83. The SMILES string of the molecule is COc1cc([C@H]2C(C#N)=C(N)Oc3n[nH]c(-c4ccccc4)c32)ccc1OCc1ccc(C)cc1. The molecule has 1 atom stereocenters. The Morgan fingerprint density at radius 1 is 1.06 bits per heavy atom. The molecule has 0 saturated carbocycles. The van der Waals surface area contributed by atoms with E-state index in [1.165, 1.54) is 5.56 Å². The van der Waals surface area contributed by atoms with Gasteiger partial charge in [-0.1, -0.05) is 66.2 Å². The highest BCUT2D eigenvalue weighted by atomic mass is 16.5. The molecule has 3 aromatic carbocycles. The summed E-state index contributed by atoms with van der Waals surface area (Å²) in [6, 6.07) is 25.8. The molecule has 0 bridgehead atoms. The van der Waals surface area contributed by atoms with Gasteiger partial charge in [-0.2, -0.15) is 5.26 Å². The number of nitriles is 1. The Kier molecular flexibility index (Phi) is 5.86. The lowest BCUT2D eigenvalue weighted by Gasteiger charge is -2.25. The number of nitrogens with zero attached hydrogens (tertiary/aromatic N) is 2. The van der Waals surface area contributed by atoms with Gasteiger partial charge in [-0.15, -0.1) is 5.10 Å². The number of fused-ring (bicyclic) bond motifs is 1. The van der Waals surface area contributed by atoms with E-state index >= 15 is 0 Å². The molecule has 3 N–H and O–H groups in total. The van der Waals surface area contributed by atoms with Crippen LogP contribution in [0.3, 0.4) is 0 Å². The average Bonchev–Trinajstić information content (AvgIpc) is 3.31. The van der Waals surface area contributed by atoms with E-state index < -0.39 is 5.92 Å². The number of nitrogens with one attached hydrogen (secondary N) is 1. The van der Waals surface area contributed by atoms with Gasteiger partial charge in [0.15, 0.2) is 11.5 Å². The summed E-state index contributed by atoms with van der Waals surface area (Å²) < 4.78 is 17.4. The van der Waals surface area contributed by atoms with Crippen LogP contribution in [0.2, 0.25) is 0 Å². The Labute approximate surface area is 203 Å². The van der Waals surface area contributed by atoms with E-state index in [0.29, 0.717) is 29.6 Å². The van der Waals surface area contributed by atoms with Crippen LogP contribution < -0.4 is 19.9 Å². The number of aromatic nitrogens is 2. The molecule has 0 aliphatic carbocycles. The van der Waals surface area contributed by atoms with Gasteiger partial charge in [0.25, 0.3) is 0 Å². The molecule has 7 nitrogen and oxygen atoms in total. The highest BCUT2D eigenvalue weighted by Gasteiger charge is 2.36. The normalized spacial score (nSPS) is 14.6. The molecule has 0 unspecified atom stereocenters. The smallest absolute Gasteiger partial charge is 0.244 e. The third kappa shape index (κ3) is 4.18. The summed E-state index contributed by atoms with van der Waals surface area (Å²) in [7, 11) is 1.59. The quantitative estimate of drug-likeness (QED) is 0.407. The van der Waals surface area contributed by atoms with Crippen molar-refractivity contribution in [1.82, 2.24) is 10.2 Å². The first kappa shape index (κ1) is 22.1. The number of H-pyrrole nitrogens is 1. The molecule has 7 heteroatoms. The minimum atomic E-state index is -0.488. The van der Waals surface area contributed by atoms with Crippen LogP contribution in [0, 0.1) is 18.3 Å². The van der Waals surface area contributed by atoms with Crippen LogP contribution in [0.4, 0.5) is 0 Å². The van der Waals surface area contributed by atoms with Crippen molar-refractivity contribution in [3.8, 4) is 34.7 Å². The molecule has 174 valence electrons. The third-order valence-electron chi connectivity index (χ3n) is 6.04. The van der Waals surface area contributed by atoms with Gasteiger partial charge in [0.2, 0.25) is 11.8 Å². The van der Waals surface area contributed by atoms with E-state index in [1.807, 2.05) is 67.6 Å². The Bertz CT molecular complexity index is 1430. The second-order valence-electron chi connectivity index (χ2n) is 8.29. The number of rotatable bonds is 6. The summed E-state index contributed by atoms with van der Waals surface area (Å²) in [5.74, 6) is 1.06. The number of aromatic amines is 1. The zero-order valence-corrected chi connectivity index (χ0v) is 19.4. The molecular formula is C28H24N4O3. The second-order valence-corrected chi connectivity index (χ2v) is 8.29. The van der Waals surface area contributed by atoms with Crippen LogP contribution in [0.15, 0.2) is 84.3 Å². The fourth-order valence-corrected chi connectivity index (χ4v) is 4.23. The number of aryl methyl sites for hydroxylation is 1. The van der Waals surface area contributed by atoms with Crippen LogP contribution in [-0.4, -0.2) is 17.3 Å². The van der Waals surface area contributed by atoms with Crippen LogP contribution >= 0.6 is 0 Å². The zero-order valence-electron chi connectivity index (χ0n) is 19.4. The Balaban J connectivity index is 1.54. The number of hydrogen-bond acceptors (Lipinski definition) is 6. The van der Waals surface area contributed by atoms with Gasteiger partial charge in [0.1, 0.15) is 18.2 Å². The highest BCUT2D eigenvalue weighted by Crippen LogP contribution is 2.47. The molecule has 1 aliphatic heterocycles. The van der Waals surface area contributed by atoms with E-state index in [2.05, 4.69) is 28.4 Å². The fourth-order valence-electron chi connectivity index (χ4n) is 4.23. The molecule has 4 aromatic rings. The summed E-state index contributed by atoms with van der Waals surface area (Å²) >= 11 is 0. The van der Waals surface area contributed by atoms with Crippen LogP contribution in [0.1, 0.15) is 28.2 Å². The van der Waals surface area contributed by atoms with Gasteiger partial charge in [-0.3, -0.25) is 5.10 Å². The molecule has 0 amide bonds. The van der Waals surface area contributed by atoms with Crippen molar-refractivity contribution in [2.45, 2.75) is 19.4 Å². The number of benzene rings is 3. The van der Waals surface area contributed by atoms with Crippen LogP contribution in [0.25, 0.3) is 11.3 Å². The first-order valence-electron chi connectivity index (χ1n) is 11.2. The number of nitrogens with two attached hydrogens (primary N) is 1. The van der Waals surface area contributed by atoms with Crippen LogP contribution in [0.5, 0.6) is 17.4 Å². The molecule has 0 saturated heterocycles. The molecule has 1 aliphatic rings. The lowest BCUT2D eigenvalue weighted by Crippen LogP contribution is -2.21. The van der Waals surface area contributed by atoms with E-state index in [-0.39, 0.29) is 5.88 Å². The van der Waals surface area contributed by atoms with E-state index in [0.717, 1.165) is 27.9 Å². The predicted molar refractivity (Wildman–Crippen MR) is 132 cm³/mol. The largest absolute Gasteiger partial charge is 0.493 e. The molecular weight excluding hydrogens is 440 g/mol. The molecule has 0 radical (unpaired) electrons. The summed E-state index contributed by atoms with van der Waals surface area (Å²) in [5, 5.41) is 17.4. The number of methoxy groups -OCH3 is 1. The standard InChI is InChI=1S/C28H24N4O3/c1-17-8-10-18(11-9-17)16-34-22-13-12-20(14-23(22)33-2)24-21(15-29)27(30)35-28-25(24)26(31-32-28)19-6-4-3-5-7-19/h3-14,24H,16,30H2,1-2H3,(H,31,32)/t24-/m0/s1. The Hall–Kier alpha value is -4.70. The molecule has 35 heavy (non-hydrogen) atoms. The van der Waals surface area contributed by atoms with Crippen molar-refractivity contribution in [3.63, 3.8) is 0 Å². The molecule has 0 fully saturated rings. The summed E-state index contributed by atoms with van der Waals surface area (Å²) in [6.07, 6.45) is 0. The second kappa shape index (κ2) is 9.27. The summed E-state index contributed by atoms with van der Waals surface area (Å²) in [5.41, 5.74) is 12.0. The third-order valence-corrected chi connectivity index (χ3v) is 6.04. The number of hydrogen-bond donors (Lipinski definition) is 2. The maximum Gasteiger partial charge on any atom is 0.244 e. The van der Waals surface area contributed by atoms with Crippen molar-refractivity contribution in [2.75, 3.05) is 7.11 Å². The lowest BCUT2D eigenvalue weighted by molar-refractivity contribution is 0.284. The van der Waals surface area contributed by atoms with Crippen LogP contribution in [-0.2, 0) is 6.61 Å². The van der Waals surface area contributed by atoms with E-state index in [4.69, 9.17) is 19.9 Å². The number of ether oxygens (including phenoxy) is 3. The number of allylic oxidation sites excluding steroid dienone is 1. The Morgan fingerprint density at radius 3 is 2.54 bits per heavy atom. The maximum atomic E-state index is 9.97. The van der Waals surface area contributed by atoms with Gasteiger partial charge in [0, 0.05) is 0 Å². The van der Waals surface area contributed by atoms with Gasteiger partial charge in [-0.05, 0) is 35.7 Å². The van der Waals surface area contributed by atoms with E-state index in [9.17, 15) is 5.26 Å². The highest BCUT2D eigenvalue weighted by molar-refractivity contribution is 5.71. The molecule has 2 heterocycles. The minimum Gasteiger partial charge on any atom is -0.493 e. The van der Waals surface area contributed by atoms with Crippen molar-refractivity contribution in [1.29, 1.82) is 5.26 Å². The monoisotopic (exact) mass is 464 g/mol. The minimum absolute atomic E-state index is 0.0368. The fraction of sp³-hybridized carbons (Fsp3) is 0.143. The van der Waals surface area contributed by atoms with Crippen molar-refractivity contribution in [3.05, 3.63) is 107 Å². The van der Waals surface area contributed by atoms with Crippen molar-refractivity contribution < 1.29 is 14.2 Å². The Morgan fingerprint density at radius 2 is 1.83 bits per heavy atom. The van der Waals surface area contributed by atoms with Gasteiger partial charge in [-0.25, -0.2) is 0 Å². The first-order valence-corrected chi connectivity index (χ1v) is 11.2. The average molecular weight is 465 g/mol. The zero-order chi connectivity index (χ0) is 24.4. The van der Waals surface area contributed by atoms with Crippen molar-refractivity contribution >= 4 is 0 Å². The van der Waals surface area contributed by atoms with Gasteiger partial charge in [0.05, 0.1) is 24.3 Å². The first-order chi connectivity index (χ1) is 17.1. The molecule has 0 spiro atoms. The maximum absolute atomic E-state index is 9.97. The summed E-state index contributed by atoms with van der Waals surface area (Å²) in [4.78, 5) is 0. The molecule has 5 rings (SSSR count). The topological polar surface area (TPSA) is 106 Å². The predicted octanol–water partition coefficient (Wildman–Crippen LogP) is 5.19. The van der Waals surface area contributed by atoms with E-state index in [1.54, 1.807) is 7.11 Å². The van der Waals surface area contributed by atoms with Gasteiger partial charge < -0.3 is 19.9 Å². The molecule has 1 aromatic heterocycles. The van der Waals surface area contributed by atoms with Crippen molar-refractivity contribution in [2.24, 2.45) is 5.73 Å².